The Bertz CT molecular complexity index is 720. The Morgan fingerprint density at radius 1 is 1.43 bits per heavy atom. The van der Waals surface area contributed by atoms with E-state index in [1.165, 1.54) is 0 Å². The summed E-state index contributed by atoms with van der Waals surface area (Å²) in [5.41, 5.74) is 3.16. The van der Waals surface area contributed by atoms with Crippen LogP contribution in [0.4, 0.5) is 4.79 Å². The fraction of sp³-hybridized carbons (Fsp3) is 0.333. The minimum atomic E-state index is -0.947. The molecule has 2 aromatic rings. The summed E-state index contributed by atoms with van der Waals surface area (Å²) in [4.78, 5) is 27.8. The molecule has 0 aliphatic carbocycles. The number of carboxylic acids is 1. The summed E-state index contributed by atoms with van der Waals surface area (Å²) in [5.74, 6) is -0.947. The molecule has 6 nitrogen and oxygen atoms in total. The Kier molecular flexibility index (Phi) is 3.29. The number of nitrogens with one attached hydrogen (secondary N) is 1. The highest BCUT2D eigenvalue weighted by Gasteiger charge is 2.24. The molecule has 21 heavy (non-hydrogen) atoms. The van der Waals surface area contributed by atoms with Crippen LogP contribution in [0.15, 0.2) is 18.2 Å². The van der Waals surface area contributed by atoms with Crippen molar-refractivity contribution < 1.29 is 19.4 Å². The SMILES string of the molecule is CCOC(=O)N1CCc2[nH]c3cc(C(=O)O)ccc3c2C1. The molecule has 6 heteroatoms. The first-order valence-electron chi connectivity index (χ1n) is 6.88. The number of aromatic carboxylic acids is 1. The van der Waals surface area contributed by atoms with Crippen molar-refractivity contribution in [2.24, 2.45) is 0 Å². The lowest BCUT2D eigenvalue weighted by molar-refractivity contribution is 0.0697. The molecule has 110 valence electrons. The van der Waals surface area contributed by atoms with Gasteiger partial charge >= 0.3 is 12.1 Å². The summed E-state index contributed by atoms with van der Waals surface area (Å²) in [7, 11) is 0. The summed E-state index contributed by atoms with van der Waals surface area (Å²) in [6.45, 7) is 3.23. The van der Waals surface area contributed by atoms with E-state index in [0.717, 1.165) is 22.2 Å². The van der Waals surface area contributed by atoms with Crippen molar-refractivity contribution in [3.05, 3.63) is 35.0 Å². The van der Waals surface area contributed by atoms with Crippen LogP contribution in [0.5, 0.6) is 0 Å². The number of benzene rings is 1. The lowest BCUT2D eigenvalue weighted by Gasteiger charge is -2.26. The molecule has 2 N–H and O–H groups in total. The Morgan fingerprint density at radius 3 is 2.95 bits per heavy atom. The van der Waals surface area contributed by atoms with Crippen molar-refractivity contribution in [3.63, 3.8) is 0 Å². The molecule has 0 bridgehead atoms. The predicted molar refractivity (Wildman–Crippen MR) is 76.4 cm³/mol. The number of aromatic amines is 1. The molecule has 1 aromatic carbocycles. The van der Waals surface area contributed by atoms with E-state index in [4.69, 9.17) is 9.84 Å². The van der Waals surface area contributed by atoms with Crippen LogP contribution in [0.1, 0.15) is 28.5 Å². The number of amides is 1. The standard InChI is InChI=1S/C15H16N2O4/c1-2-21-15(20)17-6-5-12-11(8-17)10-4-3-9(14(18)19)7-13(10)16-12/h3-4,7,16H,2,5-6,8H2,1H3,(H,18,19). The van der Waals surface area contributed by atoms with Gasteiger partial charge in [0.2, 0.25) is 0 Å². The van der Waals surface area contributed by atoms with Gasteiger partial charge in [-0.1, -0.05) is 6.07 Å². The molecule has 2 heterocycles. The summed E-state index contributed by atoms with van der Waals surface area (Å²) >= 11 is 0. The molecule has 0 unspecified atom stereocenters. The van der Waals surface area contributed by atoms with Gasteiger partial charge in [0, 0.05) is 35.1 Å². The maximum Gasteiger partial charge on any atom is 0.410 e. The highest BCUT2D eigenvalue weighted by Crippen LogP contribution is 2.28. The molecule has 0 spiro atoms. The lowest BCUT2D eigenvalue weighted by atomic mass is 10.0. The average Bonchev–Trinajstić information content (AvgIpc) is 2.84. The van der Waals surface area contributed by atoms with Gasteiger partial charge in [-0.15, -0.1) is 0 Å². The van der Waals surface area contributed by atoms with Gasteiger partial charge in [0.15, 0.2) is 0 Å². The average molecular weight is 288 g/mol. The number of fused-ring (bicyclic) bond motifs is 3. The fourth-order valence-corrected chi connectivity index (χ4v) is 2.73. The van der Waals surface area contributed by atoms with Gasteiger partial charge in [-0.3, -0.25) is 0 Å². The Balaban J connectivity index is 1.96. The van der Waals surface area contributed by atoms with E-state index in [0.29, 0.717) is 26.1 Å². The van der Waals surface area contributed by atoms with Crippen molar-refractivity contribution in [2.75, 3.05) is 13.2 Å². The van der Waals surface area contributed by atoms with E-state index >= 15 is 0 Å². The number of hydrogen-bond donors (Lipinski definition) is 2. The van der Waals surface area contributed by atoms with Gasteiger partial charge in [-0.25, -0.2) is 9.59 Å². The number of carbonyl (C=O) groups excluding carboxylic acids is 1. The molecule has 1 aromatic heterocycles. The molecule has 0 atom stereocenters. The summed E-state index contributed by atoms with van der Waals surface area (Å²) in [6, 6.07) is 5.01. The van der Waals surface area contributed by atoms with Gasteiger partial charge in [0.25, 0.3) is 0 Å². The molecular formula is C15H16N2O4. The third-order valence-electron chi connectivity index (χ3n) is 3.75. The summed E-state index contributed by atoms with van der Waals surface area (Å²) < 4.78 is 5.03. The van der Waals surface area contributed by atoms with Crippen LogP contribution >= 0.6 is 0 Å². The number of aromatic nitrogens is 1. The van der Waals surface area contributed by atoms with Crippen LogP contribution in [0.25, 0.3) is 10.9 Å². The second-order valence-electron chi connectivity index (χ2n) is 5.02. The van der Waals surface area contributed by atoms with Gasteiger partial charge < -0.3 is 19.7 Å². The highest BCUT2D eigenvalue weighted by atomic mass is 16.6. The molecule has 1 aliphatic rings. The first kappa shape index (κ1) is 13.5. The van der Waals surface area contributed by atoms with E-state index < -0.39 is 5.97 Å². The van der Waals surface area contributed by atoms with Gasteiger partial charge in [0.05, 0.1) is 18.7 Å². The third-order valence-corrected chi connectivity index (χ3v) is 3.75. The molecular weight excluding hydrogens is 272 g/mol. The van der Waals surface area contributed by atoms with Gasteiger partial charge in [0.1, 0.15) is 0 Å². The number of hydrogen-bond acceptors (Lipinski definition) is 3. The molecule has 0 fully saturated rings. The largest absolute Gasteiger partial charge is 0.478 e. The van der Waals surface area contributed by atoms with Crippen LogP contribution in [-0.4, -0.2) is 40.2 Å². The van der Waals surface area contributed by atoms with Crippen LogP contribution in [0.2, 0.25) is 0 Å². The van der Waals surface area contributed by atoms with Gasteiger partial charge in [-0.05, 0) is 19.1 Å². The number of rotatable bonds is 2. The van der Waals surface area contributed by atoms with E-state index in [-0.39, 0.29) is 11.7 Å². The van der Waals surface area contributed by atoms with Crippen molar-refractivity contribution in [1.29, 1.82) is 0 Å². The van der Waals surface area contributed by atoms with E-state index in [1.54, 1.807) is 30.0 Å². The molecule has 1 aliphatic heterocycles. The quantitative estimate of drug-likeness (QED) is 0.888. The number of ether oxygens (including phenoxy) is 1. The zero-order valence-corrected chi connectivity index (χ0v) is 11.7. The van der Waals surface area contributed by atoms with E-state index in [9.17, 15) is 9.59 Å². The Hall–Kier alpha value is -2.50. The zero-order chi connectivity index (χ0) is 15.0. The topological polar surface area (TPSA) is 82.6 Å². The van der Waals surface area contributed by atoms with Crippen molar-refractivity contribution in [2.45, 2.75) is 19.9 Å². The normalized spacial score (nSPS) is 14.0. The van der Waals surface area contributed by atoms with Crippen molar-refractivity contribution in [1.82, 2.24) is 9.88 Å². The van der Waals surface area contributed by atoms with Crippen molar-refractivity contribution in [3.8, 4) is 0 Å². The first-order valence-corrected chi connectivity index (χ1v) is 6.88. The molecule has 1 amide bonds. The maximum absolute atomic E-state index is 11.8. The van der Waals surface area contributed by atoms with E-state index in [1.807, 2.05) is 0 Å². The molecule has 0 radical (unpaired) electrons. The third kappa shape index (κ3) is 2.33. The fourth-order valence-electron chi connectivity index (χ4n) is 2.73. The van der Waals surface area contributed by atoms with Crippen molar-refractivity contribution >= 4 is 23.0 Å². The zero-order valence-electron chi connectivity index (χ0n) is 11.7. The second kappa shape index (κ2) is 5.12. The van der Waals surface area contributed by atoms with Crippen LogP contribution in [-0.2, 0) is 17.7 Å². The van der Waals surface area contributed by atoms with Gasteiger partial charge in [-0.2, -0.15) is 0 Å². The lowest BCUT2D eigenvalue weighted by Crippen LogP contribution is -2.36. The first-order chi connectivity index (χ1) is 10.1. The number of carbonyl (C=O) groups is 2. The van der Waals surface area contributed by atoms with E-state index in [2.05, 4.69) is 4.98 Å². The molecule has 0 saturated heterocycles. The number of H-pyrrole nitrogens is 1. The van der Waals surface area contributed by atoms with Crippen LogP contribution < -0.4 is 0 Å². The minimum absolute atomic E-state index is 0.253. The van der Waals surface area contributed by atoms with Crippen LogP contribution in [0.3, 0.4) is 0 Å². The smallest absolute Gasteiger partial charge is 0.410 e. The summed E-state index contributed by atoms with van der Waals surface area (Å²) in [6.07, 6.45) is 0.408. The number of carboxylic acid groups (broad SMARTS) is 1. The Morgan fingerprint density at radius 2 is 2.24 bits per heavy atom. The monoisotopic (exact) mass is 288 g/mol. The highest BCUT2D eigenvalue weighted by molar-refractivity contribution is 5.95. The Labute approximate surface area is 121 Å². The van der Waals surface area contributed by atoms with Crippen LogP contribution in [0, 0.1) is 0 Å². The summed E-state index contributed by atoms with van der Waals surface area (Å²) in [5, 5.41) is 10.00. The molecule has 3 rings (SSSR count). The predicted octanol–water partition coefficient (Wildman–Crippen LogP) is 2.38. The minimum Gasteiger partial charge on any atom is -0.478 e. The number of nitrogens with zero attached hydrogens (tertiary/aromatic N) is 1. The maximum atomic E-state index is 11.8. The molecule has 0 saturated carbocycles. The second-order valence-corrected chi connectivity index (χ2v) is 5.02.